The van der Waals surface area contributed by atoms with Crippen LogP contribution >= 0.6 is 11.3 Å². The number of anilines is 6. The molecule has 0 saturated carbocycles. The molecular formula is C62H46N2S. The van der Waals surface area contributed by atoms with E-state index in [4.69, 9.17) is 0 Å². The van der Waals surface area contributed by atoms with Crippen LogP contribution in [-0.4, -0.2) is 0 Å². The van der Waals surface area contributed by atoms with E-state index in [2.05, 4.69) is 255 Å². The minimum absolute atomic E-state index is 0.0750. The molecule has 1 aliphatic heterocycles. The number of nitrogens with zero attached hydrogens (tertiary/aromatic N) is 2. The minimum Gasteiger partial charge on any atom is -0.311 e. The number of fused-ring (bicyclic) bond motifs is 5. The van der Waals surface area contributed by atoms with Crippen LogP contribution in [0.2, 0.25) is 0 Å². The van der Waals surface area contributed by atoms with Crippen LogP contribution < -0.4 is 9.80 Å². The van der Waals surface area contributed by atoms with Gasteiger partial charge in [0.2, 0.25) is 0 Å². The fourth-order valence-electron chi connectivity index (χ4n) is 9.79. The maximum absolute atomic E-state index is 2.47. The van der Waals surface area contributed by atoms with E-state index >= 15 is 0 Å². The molecule has 1 aliphatic rings. The van der Waals surface area contributed by atoms with Crippen molar-refractivity contribution in [3.63, 3.8) is 0 Å². The van der Waals surface area contributed by atoms with Crippen molar-refractivity contribution in [3.05, 3.63) is 230 Å². The Bertz CT molecular complexity index is 3550. The molecule has 0 radical (unpaired) electrons. The van der Waals surface area contributed by atoms with E-state index in [1.807, 2.05) is 11.3 Å². The van der Waals surface area contributed by atoms with Crippen molar-refractivity contribution >= 4 is 76.4 Å². The van der Waals surface area contributed by atoms with Crippen molar-refractivity contribution < 1.29 is 0 Å². The van der Waals surface area contributed by atoms with Gasteiger partial charge in [0.25, 0.3) is 0 Å². The molecule has 0 spiro atoms. The van der Waals surface area contributed by atoms with E-state index in [1.165, 1.54) is 98.1 Å². The van der Waals surface area contributed by atoms with Gasteiger partial charge in [0.05, 0.1) is 11.4 Å². The average Bonchev–Trinajstić information content (AvgIpc) is 3.73. The van der Waals surface area contributed by atoms with Crippen molar-refractivity contribution in [3.8, 4) is 44.5 Å². The molecule has 1 aromatic heterocycles. The SMILES string of the molecule is CC(C)(C)c1ccc(N(c2ccc(-c3ccccc3)cc2)c2ccc(-c3cccc(-c4ccc5c(c4)-c4cccc6cccc(c46)N5c4ccc5c(c4)sc4ccccc45)c3)cc2)cc1. The Labute approximate surface area is 384 Å². The van der Waals surface area contributed by atoms with Gasteiger partial charge in [-0.15, -0.1) is 11.3 Å². The molecule has 3 heteroatoms. The van der Waals surface area contributed by atoms with Crippen LogP contribution in [0.4, 0.5) is 34.1 Å². The highest BCUT2D eigenvalue weighted by Crippen LogP contribution is 2.52. The van der Waals surface area contributed by atoms with Gasteiger partial charge < -0.3 is 9.80 Å². The topological polar surface area (TPSA) is 6.48 Å². The highest BCUT2D eigenvalue weighted by Gasteiger charge is 2.27. The summed E-state index contributed by atoms with van der Waals surface area (Å²) in [6.45, 7) is 6.80. The second kappa shape index (κ2) is 15.5. The van der Waals surface area contributed by atoms with Crippen molar-refractivity contribution in [2.75, 3.05) is 9.80 Å². The second-order valence-corrected chi connectivity index (χ2v) is 19.3. The van der Waals surface area contributed by atoms with Gasteiger partial charge in [-0.1, -0.05) is 166 Å². The zero-order chi connectivity index (χ0) is 43.6. The summed E-state index contributed by atoms with van der Waals surface area (Å²) in [5, 5.41) is 5.17. The lowest BCUT2D eigenvalue weighted by Gasteiger charge is -2.34. The Kier molecular flexibility index (Phi) is 9.29. The van der Waals surface area contributed by atoms with Crippen LogP contribution in [0.3, 0.4) is 0 Å². The van der Waals surface area contributed by atoms with Crippen molar-refractivity contribution in [1.82, 2.24) is 0 Å². The van der Waals surface area contributed by atoms with Gasteiger partial charge in [-0.25, -0.2) is 0 Å². The summed E-state index contributed by atoms with van der Waals surface area (Å²) in [6.07, 6.45) is 0. The number of hydrogen-bond acceptors (Lipinski definition) is 3. The highest BCUT2D eigenvalue weighted by molar-refractivity contribution is 7.25. The Morgan fingerprint density at radius 2 is 0.938 bits per heavy atom. The quantitative estimate of drug-likeness (QED) is 0.158. The van der Waals surface area contributed by atoms with Gasteiger partial charge in [0.1, 0.15) is 0 Å². The lowest BCUT2D eigenvalue weighted by Crippen LogP contribution is -2.15. The van der Waals surface area contributed by atoms with Crippen LogP contribution in [0, 0.1) is 0 Å². The summed E-state index contributed by atoms with van der Waals surface area (Å²) < 4.78 is 2.63. The fraction of sp³-hybridized carbons (Fsp3) is 0.0645. The van der Waals surface area contributed by atoms with Gasteiger partial charge in [-0.05, 0) is 134 Å². The molecule has 0 atom stereocenters. The number of thiophene rings is 1. The Morgan fingerprint density at radius 1 is 0.385 bits per heavy atom. The van der Waals surface area contributed by atoms with E-state index in [0.717, 1.165) is 17.1 Å². The van der Waals surface area contributed by atoms with Crippen molar-refractivity contribution in [2.45, 2.75) is 26.2 Å². The monoisotopic (exact) mass is 850 g/mol. The molecule has 0 saturated heterocycles. The Balaban J connectivity index is 0.903. The van der Waals surface area contributed by atoms with Gasteiger partial charge in [-0.2, -0.15) is 0 Å². The summed E-state index contributed by atoms with van der Waals surface area (Å²) in [6, 6.07) is 82.8. The normalized spacial score (nSPS) is 12.2. The first-order chi connectivity index (χ1) is 31.8. The third-order valence-electron chi connectivity index (χ3n) is 13.2. The first kappa shape index (κ1) is 38.9. The standard InChI is InChI=1S/C62H46N2S/c1-62(2,3)48-27-33-51(34-28-48)63(49-29-22-42(23-30-49)41-12-5-4-6-13-41)50-31-24-43(25-32-50)45-16-9-17-46(38-45)47-26-37-57-56(39-47)55-19-10-14-44-15-11-20-58(61(44)55)64(57)52-35-36-54-53-18-7-8-21-59(53)65-60(54)40-52/h4-40H,1-3H3. The fourth-order valence-corrected chi connectivity index (χ4v) is 10.9. The summed E-state index contributed by atoms with van der Waals surface area (Å²) in [4.78, 5) is 4.83. The van der Waals surface area contributed by atoms with Gasteiger partial charge in [0, 0.05) is 53.9 Å². The predicted molar refractivity (Wildman–Crippen MR) is 280 cm³/mol. The molecule has 10 aromatic carbocycles. The maximum atomic E-state index is 2.47. The number of benzene rings is 10. The van der Waals surface area contributed by atoms with E-state index in [1.54, 1.807) is 0 Å². The number of rotatable bonds is 7. The molecule has 2 heterocycles. The molecule has 0 unspecified atom stereocenters. The summed E-state index contributed by atoms with van der Waals surface area (Å²) in [5.74, 6) is 0. The molecule has 0 amide bonds. The molecular weight excluding hydrogens is 805 g/mol. The minimum atomic E-state index is 0.0750. The zero-order valence-corrected chi connectivity index (χ0v) is 37.5. The van der Waals surface area contributed by atoms with Crippen molar-refractivity contribution in [2.24, 2.45) is 0 Å². The Hall–Kier alpha value is -7.72. The molecule has 0 N–H and O–H groups in total. The predicted octanol–water partition coefficient (Wildman–Crippen LogP) is 18.4. The Morgan fingerprint density at radius 3 is 1.66 bits per heavy atom. The van der Waals surface area contributed by atoms with E-state index < -0.39 is 0 Å². The lowest BCUT2D eigenvalue weighted by molar-refractivity contribution is 0.590. The second-order valence-electron chi connectivity index (χ2n) is 18.2. The molecule has 12 rings (SSSR count). The molecule has 2 nitrogen and oxygen atoms in total. The van der Waals surface area contributed by atoms with Gasteiger partial charge in [-0.3, -0.25) is 0 Å². The molecule has 0 aliphatic carbocycles. The summed E-state index contributed by atoms with van der Waals surface area (Å²) in [5.41, 5.74) is 18.0. The van der Waals surface area contributed by atoms with Crippen LogP contribution in [0.1, 0.15) is 26.3 Å². The highest BCUT2D eigenvalue weighted by atomic mass is 32.1. The zero-order valence-electron chi connectivity index (χ0n) is 36.7. The first-order valence-electron chi connectivity index (χ1n) is 22.5. The number of hydrogen-bond donors (Lipinski definition) is 0. The summed E-state index contributed by atoms with van der Waals surface area (Å²) >= 11 is 1.87. The molecule has 11 aromatic rings. The largest absolute Gasteiger partial charge is 0.311 e. The molecule has 0 bridgehead atoms. The third-order valence-corrected chi connectivity index (χ3v) is 14.3. The third kappa shape index (κ3) is 6.88. The van der Waals surface area contributed by atoms with Crippen molar-refractivity contribution in [1.29, 1.82) is 0 Å². The van der Waals surface area contributed by atoms with Gasteiger partial charge >= 0.3 is 0 Å². The van der Waals surface area contributed by atoms with Crippen LogP contribution in [0.5, 0.6) is 0 Å². The molecule has 0 fully saturated rings. The lowest BCUT2D eigenvalue weighted by atomic mass is 9.87. The molecule has 65 heavy (non-hydrogen) atoms. The van der Waals surface area contributed by atoms with E-state index in [9.17, 15) is 0 Å². The van der Waals surface area contributed by atoms with Crippen LogP contribution in [0.25, 0.3) is 75.5 Å². The van der Waals surface area contributed by atoms with Crippen LogP contribution in [0.15, 0.2) is 224 Å². The van der Waals surface area contributed by atoms with E-state index in [-0.39, 0.29) is 5.41 Å². The summed E-state index contributed by atoms with van der Waals surface area (Å²) in [7, 11) is 0. The van der Waals surface area contributed by atoms with Gasteiger partial charge in [0.15, 0.2) is 0 Å². The average molecular weight is 851 g/mol. The van der Waals surface area contributed by atoms with E-state index in [0.29, 0.717) is 0 Å². The maximum Gasteiger partial charge on any atom is 0.0546 e. The first-order valence-corrected chi connectivity index (χ1v) is 23.3. The smallest absolute Gasteiger partial charge is 0.0546 e. The molecule has 310 valence electrons. The van der Waals surface area contributed by atoms with Crippen LogP contribution in [-0.2, 0) is 5.41 Å².